The average molecular weight is 554 g/mol. The van der Waals surface area contributed by atoms with Gasteiger partial charge in [-0.3, -0.25) is 4.79 Å². The number of likely N-dealkylation sites (tertiary alicyclic amines) is 1. The lowest BCUT2D eigenvalue weighted by Crippen LogP contribution is -2.54. The molecular formula is C30H43N5O5. The van der Waals surface area contributed by atoms with E-state index in [-0.39, 0.29) is 36.0 Å². The fourth-order valence-electron chi connectivity index (χ4n) is 6.06. The molecule has 5 rings (SSSR count). The quantitative estimate of drug-likeness (QED) is 0.482. The van der Waals surface area contributed by atoms with Crippen molar-refractivity contribution in [1.82, 2.24) is 20.2 Å². The van der Waals surface area contributed by atoms with Crippen molar-refractivity contribution in [1.29, 1.82) is 0 Å². The summed E-state index contributed by atoms with van der Waals surface area (Å²) in [5, 5.41) is 7.11. The Bertz CT molecular complexity index is 1130. The molecular weight excluding hydrogens is 510 g/mol. The summed E-state index contributed by atoms with van der Waals surface area (Å²) < 4.78 is 23.2. The van der Waals surface area contributed by atoms with Gasteiger partial charge in [0.15, 0.2) is 17.3 Å². The summed E-state index contributed by atoms with van der Waals surface area (Å²) in [6.45, 7) is 5.37. The fraction of sp³-hybridized carbons (Fsp3) is 0.633. The van der Waals surface area contributed by atoms with E-state index in [1.807, 2.05) is 4.90 Å². The number of anilines is 1. The van der Waals surface area contributed by atoms with Crippen LogP contribution in [0.2, 0.25) is 0 Å². The van der Waals surface area contributed by atoms with Gasteiger partial charge in [0.1, 0.15) is 6.33 Å². The smallest absolute Gasteiger partial charge is 0.276 e. The van der Waals surface area contributed by atoms with Crippen LogP contribution in [0.25, 0.3) is 0 Å². The molecule has 4 unspecified atom stereocenters. The number of ether oxygens (including phenoxy) is 4. The molecule has 0 spiro atoms. The molecule has 4 atom stereocenters. The normalized spacial score (nSPS) is 25.9. The maximum absolute atomic E-state index is 13.5. The number of carbonyl (C=O) groups excluding carboxylic acids is 1. The minimum Gasteiger partial charge on any atom is -0.491 e. The Morgan fingerprint density at radius 2 is 1.98 bits per heavy atom. The van der Waals surface area contributed by atoms with Crippen LogP contribution in [0.3, 0.4) is 0 Å². The van der Waals surface area contributed by atoms with Crippen molar-refractivity contribution >= 4 is 11.7 Å². The van der Waals surface area contributed by atoms with Gasteiger partial charge in [-0.15, -0.1) is 0 Å². The van der Waals surface area contributed by atoms with Gasteiger partial charge in [-0.2, -0.15) is 0 Å². The molecule has 0 saturated carbocycles. The van der Waals surface area contributed by atoms with Gasteiger partial charge in [0.2, 0.25) is 0 Å². The number of benzene rings is 1. The number of aromatic nitrogens is 2. The van der Waals surface area contributed by atoms with E-state index in [4.69, 9.17) is 18.9 Å². The molecule has 0 bridgehead atoms. The molecule has 3 aliphatic heterocycles. The lowest BCUT2D eigenvalue weighted by Gasteiger charge is -2.38. The Morgan fingerprint density at radius 1 is 1.12 bits per heavy atom. The van der Waals surface area contributed by atoms with Crippen LogP contribution >= 0.6 is 0 Å². The zero-order valence-electron chi connectivity index (χ0n) is 23.9. The van der Waals surface area contributed by atoms with Crippen molar-refractivity contribution in [3.8, 4) is 5.75 Å². The Morgan fingerprint density at radius 3 is 2.75 bits per heavy atom. The van der Waals surface area contributed by atoms with Crippen LogP contribution < -0.4 is 15.4 Å². The number of amides is 1. The third-order valence-corrected chi connectivity index (χ3v) is 8.31. The molecule has 3 aliphatic rings. The van der Waals surface area contributed by atoms with Gasteiger partial charge in [0.05, 0.1) is 32.0 Å². The van der Waals surface area contributed by atoms with Gasteiger partial charge in [0.25, 0.3) is 5.91 Å². The second kappa shape index (κ2) is 13.7. The van der Waals surface area contributed by atoms with Gasteiger partial charge in [-0.1, -0.05) is 29.8 Å². The summed E-state index contributed by atoms with van der Waals surface area (Å²) in [6, 6.07) is 9.15. The van der Waals surface area contributed by atoms with Crippen molar-refractivity contribution in [3.05, 3.63) is 47.4 Å². The molecule has 218 valence electrons. The molecule has 2 aromatic rings. The second-order valence-corrected chi connectivity index (χ2v) is 11.1. The molecule has 40 heavy (non-hydrogen) atoms. The van der Waals surface area contributed by atoms with Crippen LogP contribution in [-0.4, -0.2) is 92.1 Å². The van der Waals surface area contributed by atoms with Crippen molar-refractivity contribution < 1.29 is 23.7 Å². The minimum atomic E-state index is -0.130. The van der Waals surface area contributed by atoms with Crippen LogP contribution in [0.5, 0.6) is 5.75 Å². The first-order valence-electron chi connectivity index (χ1n) is 14.6. The number of piperidine rings is 1. The highest BCUT2D eigenvalue weighted by Crippen LogP contribution is 2.33. The Hall–Kier alpha value is -2.79. The van der Waals surface area contributed by atoms with E-state index < -0.39 is 0 Å². The maximum Gasteiger partial charge on any atom is 0.276 e. The van der Waals surface area contributed by atoms with Crippen LogP contribution in [0, 0.1) is 6.92 Å². The van der Waals surface area contributed by atoms with E-state index in [1.54, 1.807) is 14.2 Å². The number of hydrogen-bond donors (Lipinski definition) is 2. The predicted octanol–water partition coefficient (Wildman–Crippen LogP) is 3.51. The second-order valence-electron chi connectivity index (χ2n) is 11.1. The minimum absolute atomic E-state index is 0.0399. The van der Waals surface area contributed by atoms with E-state index in [0.717, 1.165) is 45.1 Å². The highest BCUT2D eigenvalue weighted by molar-refractivity contribution is 5.96. The van der Waals surface area contributed by atoms with Crippen LogP contribution in [-0.2, 0) is 14.2 Å². The number of hydrogen-bond acceptors (Lipinski definition) is 9. The number of carbonyl (C=O) groups is 1. The highest BCUT2D eigenvalue weighted by Gasteiger charge is 2.32. The third-order valence-electron chi connectivity index (χ3n) is 8.31. The fourth-order valence-corrected chi connectivity index (χ4v) is 6.06. The van der Waals surface area contributed by atoms with E-state index >= 15 is 0 Å². The first-order valence-corrected chi connectivity index (χ1v) is 14.6. The Kier molecular flexibility index (Phi) is 9.85. The maximum atomic E-state index is 13.5. The van der Waals surface area contributed by atoms with Gasteiger partial charge >= 0.3 is 0 Å². The van der Waals surface area contributed by atoms with Crippen LogP contribution in [0.15, 0.2) is 30.6 Å². The molecule has 10 nitrogen and oxygen atoms in total. The summed E-state index contributed by atoms with van der Waals surface area (Å²) in [7, 11) is 3.29. The SMILES string of the molecule is COc1c(NCC2CCCC(c3cccc(C)c3)O2)ncnc1C(=O)N1CCC(NC2CCOCC2OC)CC1. The standard InChI is InChI=1S/C30H43N5O5/c1-20-6-4-7-21(16-20)25-9-5-8-23(40-25)17-31-29-28(38-3)27(32-19-33-29)30(36)35-13-10-22(11-14-35)34-24-12-15-39-18-26(24)37-2/h4,6-7,16,19,22-26,34H,5,8-15,17-18H2,1-3H3,(H,31,32,33). The first-order chi connectivity index (χ1) is 19.6. The molecule has 1 aromatic carbocycles. The Labute approximate surface area is 237 Å². The molecule has 2 N–H and O–H groups in total. The monoisotopic (exact) mass is 553 g/mol. The van der Waals surface area contributed by atoms with Gasteiger partial charge in [0, 0.05) is 45.4 Å². The third kappa shape index (κ3) is 6.91. The Balaban J connectivity index is 1.16. The van der Waals surface area contributed by atoms with Gasteiger partial charge in [-0.25, -0.2) is 9.97 Å². The largest absolute Gasteiger partial charge is 0.491 e. The van der Waals surface area contributed by atoms with Crippen molar-refractivity contribution in [2.45, 2.75) is 75.8 Å². The number of aryl methyl sites for hydroxylation is 1. The summed E-state index contributed by atoms with van der Waals surface area (Å²) in [5.41, 5.74) is 2.75. The molecule has 1 amide bonds. The average Bonchev–Trinajstić information content (AvgIpc) is 3.00. The number of methoxy groups -OCH3 is 2. The molecule has 10 heteroatoms. The van der Waals surface area contributed by atoms with Crippen molar-refractivity contribution in [2.24, 2.45) is 0 Å². The molecule has 4 heterocycles. The molecule has 1 aromatic heterocycles. The van der Waals surface area contributed by atoms with E-state index in [1.165, 1.54) is 17.5 Å². The molecule has 3 fully saturated rings. The molecule has 3 saturated heterocycles. The summed E-state index contributed by atoms with van der Waals surface area (Å²) in [5.74, 6) is 0.766. The molecule has 0 aliphatic carbocycles. The molecule has 0 radical (unpaired) electrons. The predicted molar refractivity (Wildman–Crippen MR) is 152 cm³/mol. The van der Waals surface area contributed by atoms with Crippen molar-refractivity contribution in [2.75, 3.05) is 52.4 Å². The highest BCUT2D eigenvalue weighted by atomic mass is 16.5. The summed E-state index contributed by atoms with van der Waals surface area (Å²) in [6.07, 6.45) is 7.40. The topological polar surface area (TPSA) is 107 Å². The van der Waals surface area contributed by atoms with Crippen LogP contribution in [0.1, 0.15) is 66.2 Å². The zero-order chi connectivity index (χ0) is 27.9. The summed E-state index contributed by atoms with van der Waals surface area (Å²) >= 11 is 0. The van der Waals surface area contributed by atoms with Crippen molar-refractivity contribution in [3.63, 3.8) is 0 Å². The van der Waals surface area contributed by atoms with E-state index in [0.29, 0.717) is 43.9 Å². The van der Waals surface area contributed by atoms with Gasteiger partial charge < -0.3 is 34.5 Å². The van der Waals surface area contributed by atoms with E-state index in [9.17, 15) is 4.79 Å². The van der Waals surface area contributed by atoms with Crippen LogP contribution in [0.4, 0.5) is 5.82 Å². The summed E-state index contributed by atoms with van der Waals surface area (Å²) in [4.78, 5) is 24.1. The number of rotatable bonds is 9. The lowest BCUT2D eigenvalue weighted by atomic mass is 9.97. The number of nitrogens with one attached hydrogen (secondary N) is 2. The van der Waals surface area contributed by atoms with E-state index in [2.05, 4.69) is 51.8 Å². The lowest BCUT2D eigenvalue weighted by molar-refractivity contribution is -0.0533. The first kappa shape index (κ1) is 28.7. The zero-order valence-corrected chi connectivity index (χ0v) is 23.9. The number of nitrogens with zero attached hydrogens (tertiary/aromatic N) is 3. The van der Waals surface area contributed by atoms with Gasteiger partial charge in [-0.05, 0) is 51.0 Å².